The van der Waals surface area contributed by atoms with Crippen molar-refractivity contribution in [3.63, 3.8) is 0 Å². The van der Waals surface area contributed by atoms with E-state index in [9.17, 15) is 10.1 Å². The number of carbonyl (C=O) groups excluding carboxylic acids is 1. The number of hydrogen-bond acceptors (Lipinski definition) is 2. The van der Waals surface area contributed by atoms with E-state index in [-0.39, 0.29) is 0 Å². The van der Waals surface area contributed by atoms with E-state index in [4.69, 9.17) is 0 Å². The first-order chi connectivity index (χ1) is 14.2. The number of likely N-dealkylation sites (tertiary alicyclic amines) is 1. The molecule has 0 spiro atoms. The summed E-state index contributed by atoms with van der Waals surface area (Å²) in [6.07, 6.45) is 11.5. The van der Waals surface area contributed by atoms with Crippen LogP contribution in [0.5, 0.6) is 0 Å². The predicted molar refractivity (Wildman–Crippen MR) is 117 cm³/mol. The maximum absolute atomic E-state index is 13.0. The second-order valence-electron chi connectivity index (χ2n) is 8.90. The molecule has 2 aliphatic rings. The minimum absolute atomic E-state index is 0.393. The number of nitrogens with zero attached hydrogens (tertiary/aromatic N) is 3. The highest BCUT2D eigenvalue weighted by atomic mass is 16.2. The number of rotatable bonds is 6. The van der Waals surface area contributed by atoms with E-state index in [0.29, 0.717) is 23.4 Å². The van der Waals surface area contributed by atoms with Gasteiger partial charge in [0.2, 0.25) is 5.91 Å². The largest absolute Gasteiger partial charge is 0.345 e. The molecule has 1 amide bonds. The maximum Gasteiger partial charge on any atom is 0.223 e. The summed E-state index contributed by atoms with van der Waals surface area (Å²) in [6.45, 7) is 4.01. The Kier molecular flexibility index (Phi) is 6.23. The van der Waals surface area contributed by atoms with Crippen LogP contribution in [0.4, 0.5) is 0 Å². The van der Waals surface area contributed by atoms with Gasteiger partial charge in [-0.25, -0.2) is 0 Å². The van der Waals surface area contributed by atoms with Gasteiger partial charge in [0.1, 0.15) is 0 Å². The van der Waals surface area contributed by atoms with Gasteiger partial charge >= 0.3 is 0 Å². The summed E-state index contributed by atoms with van der Waals surface area (Å²) >= 11 is 0. The standard InChI is InChI=1S/C25H33N3O/c1-2-27-23(17-21-11-10-20(18-26)15-24(21)27)13-12-22-9-6-14-28(22)25(29)16-19-7-4-3-5-8-19/h10-11,15,17,19,22H,2-9,12-14,16H2,1H3. The SMILES string of the molecule is CCn1c(CCC2CCCN2C(=O)CC2CCCCC2)cc2ccc(C#N)cc21. The molecule has 154 valence electrons. The summed E-state index contributed by atoms with van der Waals surface area (Å²) in [5, 5.41) is 10.4. The zero-order chi connectivity index (χ0) is 20.2. The number of carbonyl (C=O) groups is 1. The lowest BCUT2D eigenvalue weighted by molar-refractivity contribution is -0.133. The third kappa shape index (κ3) is 4.34. The molecule has 4 heteroatoms. The number of benzene rings is 1. The Morgan fingerprint density at radius 1 is 1.14 bits per heavy atom. The number of fused-ring (bicyclic) bond motifs is 1. The number of hydrogen-bond donors (Lipinski definition) is 0. The van der Waals surface area contributed by atoms with Crippen LogP contribution in [0, 0.1) is 17.2 Å². The lowest BCUT2D eigenvalue weighted by atomic mass is 9.86. The molecule has 1 aromatic carbocycles. The Balaban J connectivity index is 1.42. The van der Waals surface area contributed by atoms with Crippen LogP contribution in [0.15, 0.2) is 24.3 Å². The number of amides is 1. The third-order valence-electron chi connectivity index (χ3n) is 7.05. The van der Waals surface area contributed by atoms with Crippen molar-refractivity contribution < 1.29 is 4.79 Å². The van der Waals surface area contributed by atoms with Crippen LogP contribution >= 0.6 is 0 Å². The van der Waals surface area contributed by atoms with E-state index in [1.165, 1.54) is 43.2 Å². The lowest BCUT2D eigenvalue weighted by Crippen LogP contribution is -2.37. The van der Waals surface area contributed by atoms with Gasteiger partial charge < -0.3 is 9.47 Å². The van der Waals surface area contributed by atoms with Gasteiger partial charge in [0, 0.05) is 36.8 Å². The molecule has 0 N–H and O–H groups in total. The fourth-order valence-corrected chi connectivity index (χ4v) is 5.50. The first-order valence-electron chi connectivity index (χ1n) is 11.5. The normalized spacial score (nSPS) is 20.3. The van der Waals surface area contributed by atoms with Gasteiger partial charge in [-0.2, -0.15) is 5.26 Å². The fourth-order valence-electron chi connectivity index (χ4n) is 5.50. The zero-order valence-corrected chi connectivity index (χ0v) is 17.7. The van der Waals surface area contributed by atoms with Crippen molar-refractivity contribution in [2.75, 3.05) is 6.54 Å². The molecule has 1 saturated heterocycles. The van der Waals surface area contributed by atoms with Crippen molar-refractivity contribution in [2.24, 2.45) is 5.92 Å². The van der Waals surface area contributed by atoms with Gasteiger partial charge in [-0.1, -0.05) is 25.3 Å². The molecule has 2 fully saturated rings. The molecule has 2 aromatic rings. The van der Waals surface area contributed by atoms with Crippen LogP contribution in [0.25, 0.3) is 10.9 Å². The molecule has 2 heterocycles. The van der Waals surface area contributed by atoms with E-state index in [1.54, 1.807) is 0 Å². The second kappa shape index (κ2) is 9.03. The Morgan fingerprint density at radius 3 is 2.72 bits per heavy atom. The Morgan fingerprint density at radius 2 is 1.97 bits per heavy atom. The maximum atomic E-state index is 13.0. The molecule has 1 saturated carbocycles. The summed E-state index contributed by atoms with van der Waals surface area (Å²) in [5.74, 6) is 1.02. The van der Waals surface area contributed by atoms with Crippen LogP contribution in [0.3, 0.4) is 0 Å². The van der Waals surface area contributed by atoms with E-state index < -0.39 is 0 Å². The van der Waals surface area contributed by atoms with Crippen molar-refractivity contribution in [2.45, 2.75) is 83.7 Å². The van der Waals surface area contributed by atoms with Gasteiger partial charge in [-0.05, 0) is 75.0 Å². The summed E-state index contributed by atoms with van der Waals surface area (Å²) in [6, 6.07) is 10.9. The highest BCUT2D eigenvalue weighted by Gasteiger charge is 2.30. The summed E-state index contributed by atoms with van der Waals surface area (Å²) in [5.41, 5.74) is 3.19. The summed E-state index contributed by atoms with van der Waals surface area (Å²) in [7, 11) is 0. The first-order valence-corrected chi connectivity index (χ1v) is 11.5. The Bertz CT molecular complexity index is 901. The van der Waals surface area contributed by atoms with Gasteiger partial charge in [0.15, 0.2) is 0 Å². The molecule has 4 rings (SSSR count). The first kappa shape index (κ1) is 20.0. The van der Waals surface area contributed by atoms with Gasteiger partial charge in [-0.15, -0.1) is 0 Å². The molecule has 4 nitrogen and oxygen atoms in total. The van der Waals surface area contributed by atoms with Crippen molar-refractivity contribution in [3.05, 3.63) is 35.5 Å². The second-order valence-corrected chi connectivity index (χ2v) is 8.90. The molecule has 1 aliphatic heterocycles. The predicted octanol–water partition coefficient (Wildman–Crippen LogP) is 5.43. The van der Waals surface area contributed by atoms with Crippen molar-refractivity contribution in [3.8, 4) is 6.07 Å². The smallest absolute Gasteiger partial charge is 0.223 e. The van der Waals surface area contributed by atoms with Crippen molar-refractivity contribution in [1.29, 1.82) is 5.26 Å². The van der Waals surface area contributed by atoms with Crippen LogP contribution < -0.4 is 0 Å². The van der Waals surface area contributed by atoms with Gasteiger partial charge in [0.05, 0.1) is 11.6 Å². The summed E-state index contributed by atoms with van der Waals surface area (Å²) in [4.78, 5) is 15.2. The summed E-state index contributed by atoms with van der Waals surface area (Å²) < 4.78 is 2.33. The minimum atomic E-state index is 0.393. The van der Waals surface area contributed by atoms with E-state index >= 15 is 0 Å². The van der Waals surface area contributed by atoms with E-state index in [2.05, 4.69) is 34.6 Å². The van der Waals surface area contributed by atoms with Crippen LogP contribution in [0.2, 0.25) is 0 Å². The number of nitriles is 1. The topological polar surface area (TPSA) is 49.0 Å². The van der Waals surface area contributed by atoms with Crippen molar-refractivity contribution in [1.82, 2.24) is 9.47 Å². The molecule has 29 heavy (non-hydrogen) atoms. The van der Waals surface area contributed by atoms with Crippen molar-refractivity contribution >= 4 is 16.8 Å². The minimum Gasteiger partial charge on any atom is -0.345 e. The van der Waals surface area contributed by atoms with E-state index in [1.807, 2.05) is 12.1 Å². The molecule has 1 atom stereocenters. The molecule has 0 bridgehead atoms. The Labute approximate surface area is 174 Å². The van der Waals surface area contributed by atoms with E-state index in [0.717, 1.165) is 50.7 Å². The van der Waals surface area contributed by atoms with Crippen LogP contribution in [-0.4, -0.2) is 28.0 Å². The number of aryl methyl sites for hydroxylation is 2. The van der Waals surface area contributed by atoms with Gasteiger partial charge in [0.25, 0.3) is 0 Å². The zero-order valence-electron chi connectivity index (χ0n) is 17.7. The number of aromatic nitrogens is 1. The van der Waals surface area contributed by atoms with Crippen LogP contribution in [0.1, 0.15) is 76.0 Å². The lowest BCUT2D eigenvalue weighted by Gasteiger charge is -2.28. The average Bonchev–Trinajstić information content (AvgIpc) is 3.36. The quantitative estimate of drug-likeness (QED) is 0.659. The van der Waals surface area contributed by atoms with Crippen LogP contribution in [-0.2, 0) is 17.8 Å². The third-order valence-corrected chi connectivity index (χ3v) is 7.05. The highest BCUT2D eigenvalue weighted by molar-refractivity contribution is 5.82. The molecule has 1 unspecified atom stereocenters. The molecular formula is C25H33N3O. The fraction of sp³-hybridized carbons (Fsp3) is 0.600. The monoisotopic (exact) mass is 391 g/mol. The molecule has 1 aromatic heterocycles. The Hall–Kier alpha value is -2.28. The average molecular weight is 392 g/mol. The molecule has 0 radical (unpaired) electrons. The molecule has 1 aliphatic carbocycles. The highest BCUT2D eigenvalue weighted by Crippen LogP contribution is 2.30. The van der Waals surface area contributed by atoms with Gasteiger partial charge in [-0.3, -0.25) is 4.79 Å². The molecular weight excluding hydrogens is 358 g/mol.